The van der Waals surface area contributed by atoms with Gasteiger partial charge in [0.2, 0.25) is 0 Å². The number of hydrogen-bond acceptors (Lipinski definition) is 4. The fourth-order valence-electron chi connectivity index (χ4n) is 3.06. The third-order valence-corrected chi connectivity index (χ3v) is 4.42. The lowest BCUT2D eigenvalue weighted by atomic mass is 10.1. The Kier molecular flexibility index (Phi) is 4.73. The van der Waals surface area contributed by atoms with Gasteiger partial charge in [-0.3, -0.25) is 14.4 Å². The molecule has 23 heavy (non-hydrogen) atoms. The summed E-state index contributed by atoms with van der Waals surface area (Å²) in [6.07, 6.45) is 2.26. The van der Waals surface area contributed by atoms with E-state index in [1.54, 1.807) is 23.1 Å². The SMILES string of the molecule is COc1ccc(Cl)cc1C(=O)N1CCCC1C(=O)N1CCCO1. The first-order valence-corrected chi connectivity index (χ1v) is 8.08. The van der Waals surface area contributed by atoms with Gasteiger partial charge in [0, 0.05) is 11.6 Å². The molecule has 0 aromatic heterocycles. The van der Waals surface area contributed by atoms with E-state index in [4.69, 9.17) is 21.2 Å². The third-order valence-electron chi connectivity index (χ3n) is 4.19. The minimum absolute atomic E-state index is 0.144. The summed E-state index contributed by atoms with van der Waals surface area (Å²) in [7, 11) is 1.50. The molecule has 0 aliphatic carbocycles. The molecule has 1 aromatic rings. The third kappa shape index (κ3) is 3.14. The average molecular weight is 339 g/mol. The normalized spacial score (nSPS) is 20.9. The summed E-state index contributed by atoms with van der Waals surface area (Å²) in [5.74, 6) is 0.0728. The van der Waals surface area contributed by atoms with Crippen molar-refractivity contribution in [1.29, 1.82) is 0 Å². The predicted octanol–water partition coefficient (Wildman–Crippen LogP) is 2.12. The quantitative estimate of drug-likeness (QED) is 0.847. The molecule has 0 radical (unpaired) electrons. The van der Waals surface area contributed by atoms with E-state index in [9.17, 15) is 9.59 Å². The largest absolute Gasteiger partial charge is 0.496 e. The van der Waals surface area contributed by atoms with Gasteiger partial charge < -0.3 is 9.64 Å². The van der Waals surface area contributed by atoms with Crippen molar-refractivity contribution in [2.75, 3.05) is 26.8 Å². The maximum absolute atomic E-state index is 12.9. The number of ether oxygens (including phenoxy) is 1. The Bertz CT molecular complexity index is 616. The molecule has 1 aromatic carbocycles. The Balaban J connectivity index is 1.83. The summed E-state index contributed by atoms with van der Waals surface area (Å²) in [5, 5.41) is 1.84. The first-order chi connectivity index (χ1) is 11.1. The van der Waals surface area contributed by atoms with E-state index >= 15 is 0 Å². The standard InChI is InChI=1S/C16H19ClN2O4/c1-22-14-6-5-11(17)10-12(14)15(20)18-7-2-4-13(18)16(21)19-8-3-9-23-19/h5-6,10,13H,2-4,7-9H2,1H3. The molecule has 2 heterocycles. The summed E-state index contributed by atoms with van der Waals surface area (Å²) in [6.45, 7) is 1.67. The Labute approximate surface area is 139 Å². The van der Waals surface area contributed by atoms with Crippen LogP contribution in [-0.2, 0) is 9.63 Å². The van der Waals surface area contributed by atoms with Gasteiger partial charge in [-0.15, -0.1) is 0 Å². The van der Waals surface area contributed by atoms with Gasteiger partial charge in [-0.25, -0.2) is 5.06 Å². The van der Waals surface area contributed by atoms with Crippen LogP contribution >= 0.6 is 11.6 Å². The summed E-state index contributed by atoms with van der Waals surface area (Å²) < 4.78 is 5.25. The van der Waals surface area contributed by atoms with E-state index in [-0.39, 0.29) is 11.8 Å². The monoisotopic (exact) mass is 338 g/mol. The molecule has 1 atom stereocenters. The van der Waals surface area contributed by atoms with Crippen LogP contribution in [-0.4, -0.2) is 54.6 Å². The maximum atomic E-state index is 12.9. The van der Waals surface area contributed by atoms with E-state index in [2.05, 4.69) is 0 Å². The Morgan fingerprint density at radius 1 is 1.30 bits per heavy atom. The second kappa shape index (κ2) is 6.76. The molecule has 2 fully saturated rings. The number of carbonyl (C=O) groups excluding carboxylic acids is 2. The Morgan fingerprint density at radius 3 is 2.83 bits per heavy atom. The summed E-state index contributed by atoms with van der Waals surface area (Å²) in [4.78, 5) is 32.4. The van der Waals surface area contributed by atoms with Crippen molar-refractivity contribution < 1.29 is 19.2 Å². The van der Waals surface area contributed by atoms with Gasteiger partial charge in [0.15, 0.2) is 0 Å². The van der Waals surface area contributed by atoms with Crippen molar-refractivity contribution in [1.82, 2.24) is 9.96 Å². The average Bonchev–Trinajstić information content (AvgIpc) is 3.24. The molecule has 0 saturated carbocycles. The predicted molar refractivity (Wildman–Crippen MR) is 84.3 cm³/mol. The number of benzene rings is 1. The molecule has 124 valence electrons. The van der Waals surface area contributed by atoms with Crippen LogP contribution in [0.15, 0.2) is 18.2 Å². The number of amides is 2. The number of halogens is 1. The van der Waals surface area contributed by atoms with Crippen LogP contribution in [0.1, 0.15) is 29.6 Å². The molecule has 2 saturated heterocycles. The maximum Gasteiger partial charge on any atom is 0.268 e. The van der Waals surface area contributed by atoms with E-state index in [1.165, 1.54) is 12.2 Å². The number of hydroxylamine groups is 2. The zero-order valence-electron chi connectivity index (χ0n) is 13.0. The van der Waals surface area contributed by atoms with Crippen LogP contribution in [0.4, 0.5) is 0 Å². The molecule has 2 aliphatic rings. The van der Waals surface area contributed by atoms with Gasteiger partial charge in [0.25, 0.3) is 11.8 Å². The lowest BCUT2D eigenvalue weighted by Gasteiger charge is -2.27. The highest BCUT2D eigenvalue weighted by molar-refractivity contribution is 6.31. The topological polar surface area (TPSA) is 59.1 Å². The molecule has 2 aliphatic heterocycles. The van der Waals surface area contributed by atoms with Crippen molar-refractivity contribution >= 4 is 23.4 Å². The van der Waals surface area contributed by atoms with Crippen molar-refractivity contribution in [3.05, 3.63) is 28.8 Å². The fraction of sp³-hybridized carbons (Fsp3) is 0.500. The lowest BCUT2D eigenvalue weighted by molar-refractivity contribution is -0.172. The summed E-state index contributed by atoms with van der Waals surface area (Å²) in [6, 6.07) is 4.42. The number of methoxy groups -OCH3 is 1. The summed E-state index contributed by atoms with van der Waals surface area (Å²) >= 11 is 6.01. The van der Waals surface area contributed by atoms with Crippen molar-refractivity contribution in [2.45, 2.75) is 25.3 Å². The van der Waals surface area contributed by atoms with Gasteiger partial charge >= 0.3 is 0 Å². The Morgan fingerprint density at radius 2 is 2.13 bits per heavy atom. The van der Waals surface area contributed by atoms with E-state index in [0.29, 0.717) is 42.5 Å². The highest BCUT2D eigenvalue weighted by atomic mass is 35.5. The van der Waals surface area contributed by atoms with Gasteiger partial charge in [0.1, 0.15) is 11.8 Å². The van der Waals surface area contributed by atoms with E-state index in [0.717, 1.165) is 12.8 Å². The number of rotatable bonds is 3. The van der Waals surface area contributed by atoms with Crippen LogP contribution < -0.4 is 4.74 Å². The van der Waals surface area contributed by atoms with E-state index in [1.807, 2.05) is 0 Å². The molecular weight excluding hydrogens is 320 g/mol. The summed E-state index contributed by atoms with van der Waals surface area (Å²) in [5.41, 5.74) is 0.377. The zero-order valence-corrected chi connectivity index (χ0v) is 13.7. The molecule has 6 nitrogen and oxygen atoms in total. The van der Waals surface area contributed by atoms with Crippen LogP contribution in [0, 0.1) is 0 Å². The molecule has 0 spiro atoms. The van der Waals surface area contributed by atoms with Gasteiger partial charge in [0.05, 0.1) is 25.8 Å². The highest BCUT2D eigenvalue weighted by Gasteiger charge is 2.39. The highest BCUT2D eigenvalue weighted by Crippen LogP contribution is 2.28. The molecule has 1 unspecified atom stereocenters. The molecule has 0 bridgehead atoms. The first-order valence-electron chi connectivity index (χ1n) is 7.70. The molecular formula is C16H19ClN2O4. The minimum atomic E-state index is -0.482. The lowest BCUT2D eigenvalue weighted by Crippen LogP contribution is -2.46. The number of nitrogens with zero attached hydrogens (tertiary/aromatic N) is 2. The van der Waals surface area contributed by atoms with Gasteiger partial charge in [-0.2, -0.15) is 0 Å². The molecule has 0 N–H and O–H groups in total. The van der Waals surface area contributed by atoms with Crippen molar-refractivity contribution in [2.24, 2.45) is 0 Å². The second-order valence-electron chi connectivity index (χ2n) is 5.63. The Hall–Kier alpha value is -1.79. The fourth-order valence-corrected chi connectivity index (χ4v) is 3.23. The first kappa shape index (κ1) is 16.1. The smallest absolute Gasteiger partial charge is 0.268 e. The van der Waals surface area contributed by atoms with Crippen LogP contribution in [0.3, 0.4) is 0 Å². The van der Waals surface area contributed by atoms with Gasteiger partial charge in [-0.1, -0.05) is 11.6 Å². The number of hydrogen-bond donors (Lipinski definition) is 0. The van der Waals surface area contributed by atoms with Crippen LogP contribution in [0.2, 0.25) is 5.02 Å². The molecule has 2 amide bonds. The van der Waals surface area contributed by atoms with Crippen LogP contribution in [0.5, 0.6) is 5.75 Å². The van der Waals surface area contributed by atoms with E-state index < -0.39 is 6.04 Å². The second-order valence-corrected chi connectivity index (χ2v) is 6.06. The molecule has 7 heteroatoms. The van der Waals surface area contributed by atoms with Gasteiger partial charge in [-0.05, 0) is 37.5 Å². The van der Waals surface area contributed by atoms with Crippen LogP contribution in [0.25, 0.3) is 0 Å². The zero-order chi connectivity index (χ0) is 16.4. The minimum Gasteiger partial charge on any atom is -0.496 e. The number of carbonyl (C=O) groups is 2. The number of likely N-dealkylation sites (tertiary alicyclic amines) is 1. The molecule has 3 rings (SSSR count). The van der Waals surface area contributed by atoms with Crippen molar-refractivity contribution in [3.63, 3.8) is 0 Å². The van der Waals surface area contributed by atoms with Crippen molar-refractivity contribution in [3.8, 4) is 5.75 Å².